The lowest BCUT2D eigenvalue weighted by molar-refractivity contribution is -0.137. The SMILES string of the molecule is CN(CC(O)CN1CCOCC1)c1ccnc2cc(C(F)(F)F)ccc12. The van der Waals surface area contributed by atoms with Crippen molar-refractivity contribution in [2.45, 2.75) is 12.3 Å². The molecule has 1 aliphatic rings. The van der Waals surface area contributed by atoms with Crippen molar-refractivity contribution in [2.75, 3.05) is 51.3 Å². The largest absolute Gasteiger partial charge is 0.416 e. The van der Waals surface area contributed by atoms with E-state index in [1.54, 1.807) is 6.07 Å². The standard InChI is InChI=1S/C18H22F3N3O2/c1-23(11-14(25)12-24-6-8-26-9-7-24)17-4-5-22-16-10-13(18(19,20)21)2-3-15(16)17/h2-5,10,14,25H,6-9,11-12H2,1H3. The fourth-order valence-corrected chi connectivity index (χ4v) is 3.20. The zero-order valence-electron chi connectivity index (χ0n) is 14.5. The second-order valence-electron chi connectivity index (χ2n) is 6.51. The molecule has 0 radical (unpaired) electrons. The van der Waals surface area contributed by atoms with E-state index in [2.05, 4.69) is 9.88 Å². The van der Waals surface area contributed by atoms with Gasteiger partial charge in [0.15, 0.2) is 0 Å². The number of nitrogens with zero attached hydrogens (tertiary/aromatic N) is 3. The number of anilines is 1. The zero-order chi connectivity index (χ0) is 18.7. The number of rotatable bonds is 5. The van der Waals surface area contributed by atoms with Gasteiger partial charge in [0.05, 0.1) is 30.4 Å². The highest BCUT2D eigenvalue weighted by Gasteiger charge is 2.30. The van der Waals surface area contributed by atoms with E-state index in [9.17, 15) is 18.3 Å². The molecular weight excluding hydrogens is 347 g/mol. The van der Waals surface area contributed by atoms with Crippen LogP contribution < -0.4 is 4.90 Å². The fraction of sp³-hybridized carbons (Fsp3) is 0.500. The van der Waals surface area contributed by atoms with Gasteiger partial charge in [0, 0.05) is 50.5 Å². The zero-order valence-corrected chi connectivity index (χ0v) is 14.5. The highest BCUT2D eigenvalue weighted by Crippen LogP contribution is 2.33. The topological polar surface area (TPSA) is 48.8 Å². The highest BCUT2D eigenvalue weighted by atomic mass is 19.4. The number of morpholine rings is 1. The lowest BCUT2D eigenvalue weighted by atomic mass is 10.1. The number of fused-ring (bicyclic) bond motifs is 1. The Bertz CT molecular complexity index is 748. The molecule has 142 valence electrons. The second kappa shape index (κ2) is 7.77. The quantitative estimate of drug-likeness (QED) is 0.877. The van der Waals surface area contributed by atoms with Crippen molar-refractivity contribution in [3.63, 3.8) is 0 Å². The Morgan fingerprint density at radius 2 is 2.00 bits per heavy atom. The average Bonchev–Trinajstić information content (AvgIpc) is 2.60. The molecule has 2 heterocycles. The van der Waals surface area contributed by atoms with Gasteiger partial charge in [-0.15, -0.1) is 0 Å². The Morgan fingerprint density at radius 3 is 2.69 bits per heavy atom. The molecular formula is C18H22F3N3O2. The van der Waals surface area contributed by atoms with E-state index >= 15 is 0 Å². The number of alkyl halides is 3. The number of β-amino-alcohol motifs (C(OH)–C–C–N with tert-alkyl or cyclic N) is 1. The van der Waals surface area contributed by atoms with Crippen LogP contribution in [0.2, 0.25) is 0 Å². The van der Waals surface area contributed by atoms with Crippen LogP contribution in [0.25, 0.3) is 10.9 Å². The van der Waals surface area contributed by atoms with Crippen molar-refractivity contribution in [1.29, 1.82) is 0 Å². The molecule has 1 fully saturated rings. The van der Waals surface area contributed by atoms with Gasteiger partial charge in [-0.25, -0.2) is 0 Å². The highest BCUT2D eigenvalue weighted by molar-refractivity contribution is 5.91. The molecule has 1 aliphatic heterocycles. The molecule has 3 rings (SSSR count). The lowest BCUT2D eigenvalue weighted by Gasteiger charge is -2.30. The number of ether oxygens (including phenoxy) is 1. The summed E-state index contributed by atoms with van der Waals surface area (Å²) in [6.45, 7) is 3.82. The number of pyridine rings is 1. The normalized spacial score (nSPS) is 17.4. The van der Waals surface area contributed by atoms with E-state index in [-0.39, 0.29) is 5.52 Å². The van der Waals surface area contributed by atoms with E-state index in [1.807, 2.05) is 11.9 Å². The molecule has 1 N–H and O–H groups in total. The molecule has 1 atom stereocenters. The van der Waals surface area contributed by atoms with E-state index in [1.165, 1.54) is 12.3 Å². The summed E-state index contributed by atoms with van der Waals surface area (Å²) < 4.78 is 43.9. The molecule has 1 aromatic heterocycles. The number of aliphatic hydroxyl groups excluding tert-OH is 1. The van der Waals surface area contributed by atoms with Crippen LogP contribution in [0.15, 0.2) is 30.5 Å². The van der Waals surface area contributed by atoms with Gasteiger partial charge in [-0.2, -0.15) is 13.2 Å². The molecule has 8 heteroatoms. The first-order valence-electron chi connectivity index (χ1n) is 8.50. The van der Waals surface area contributed by atoms with Crippen LogP contribution in [0.4, 0.5) is 18.9 Å². The van der Waals surface area contributed by atoms with E-state index < -0.39 is 17.8 Å². The number of aromatic nitrogens is 1. The van der Waals surface area contributed by atoms with Crippen molar-refractivity contribution >= 4 is 16.6 Å². The molecule has 1 unspecified atom stereocenters. The Balaban J connectivity index is 1.74. The van der Waals surface area contributed by atoms with E-state index in [4.69, 9.17) is 4.74 Å². The molecule has 0 spiro atoms. The van der Waals surface area contributed by atoms with Crippen LogP contribution in [-0.2, 0) is 10.9 Å². The summed E-state index contributed by atoms with van der Waals surface area (Å²) in [7, 11) is 1.81. The summed E-state index contributed by atoms with van der Waals surface area (Å²) in [6, 6.07) is 5.30. The molecule has 0 saturated carbocycles. The van der Waals surface area contributed by atoms with Gasteiger partial charge in [0.1, 0.15) is 0 Å². The van der Waals surface area contributed by atoms with Gasteiger partial charge >= 0.3 is 6.18 Å². The second-order valence-corrected chi connectivity index (χ2v) is 6.51. The summed E-state index contributed by atoms with van der Waals surface area (Å²) in [4.78, 5) is 8.05. The van der Waals surface area contributed by atoms with Gasteiger partial charge in [0.25, 0.3) is 0 Å². The summed E-state index contributed by atoms with van der Waals surface area (Å²) in [5.74, 6) is 0. The molecule has 0 amide bonds. The number of likely N-dealkylation sites (N-methyl/N-ethyl adjacent to an activating group) is 1. The number of benzene rings is 1. The summed E-state index contributed by atoms with van der Waals surface area (Å²) in [6.07, 6.45) is -3.48. The monoisotopic (exact) mass is 369 g/mol. The maximum absolute atomic E-state index is 12.9. The number of hydrogen-bond donors (Lipinski definition) is 1. The van der Waals surface area contributed by atoms with E-state index in [0.29, 0.717) is 31.7 Å². The molecule has 0 bridgehead atoms. The molecule has 1 saturated heterocycles. The van der Waals surface area contributed by atoms with E-state index in [0.717, 1.165) is 30.9 Å². The first-order chi connectivity index (χ1) is 12.3. The van der Waals surface area contributed by atoms with Gasteiger partial charge in [-0.3, -0.25) is 9.88 Å². The van der Waals surface area contributed by atoms with Crippen LogP contribution in [0, 0.1) is 0 Å². The smallest absolute Gasteiger partial charge is 0.390 e. The summed E-state index contributed by atoms with van der Waals surface area (Å²) in [5, 5.41) is 11.0. The minimum Gasteiger partial charge on any atom is -0.390 e. The maximum atomic E-state index is 12.9. The van der Waals surface area contributed by atoms with Gasteiger partial charge < -0.3 is 14.7 Å². The predicted molar refractivity (Wildman–Crippen MR) is 93.3 cm³/mol. The third-order valence-electron chi connectivity index (χ3n) is 4.52. The van der Waals surface area contributed by atoms with Crippen molar-refractivity contribution in [3.8, 4) is 0 Å². The molecule has 2 aromatic rings. The first kappa shape index (κ1) is 18.9. The van der Waals surface area contributed by atoms with Gasteiger partial charge in [-0.1, -0.05) is 6.07 Å². The Kier molecular flexibility index (Phi) is 5.64. The third-order valence-corrected chi connectivity index (χ3v) is 4.52. The number of hydrogen-bond acceptors (Lipinski definition) is 5. The molecule has 1 aromatic carbocycles. The van der Waals surface area contributed by atoms with Crippen LogP contribution in [0.1, 0.15) is 5.56 Å². The summed E-state index contributed by atoms with van der Waals surface area (Å²) in [5.41, 5.74) is 0.307. The van der Waals surface area contributed by atoms with Crippen LogP contribution >= 0.6 is 0 Å². The van der Waals surface area contributed by atoms with Crippen molar-refractivity contribution < 1.29 is 23.0 Å². The Labute approximate surface area is 150 Å². The predicted octanol–water partition coefficient (Wildman–Crippen LogP) is 2.38. The fourth-order valence-electron chi connectivity index (χ4n) is 3.20. The van der Waals surface area contributed by atoms with Crippen LogP contribution in [-0.4, -0.2) is 67.5 Å². The third kappa shape index (κ3) is 4.44. The Hall–Kier alpha value is -1.90. The van der Waals surface area contributed by atoms with Gasteiger partial charge in [-0.05, 0) is 18.2 Å². The number of halogens is 3. The first-order valence-corrected chi connectivity index (χ1v) is 8.50. The van der Waals surface area contributed by atoms with Crippen molar-refractivity contribution in [1.82, 2.24) is 9.88 Å². The van der Waals surface area contributed by atoms with Crippen LogP contribution in [0.5, 0.6) is 0 Å². The Morgan fingerprint density at radius 1 is 1.27 bits per heavy atom. The average molecular weight is 369 g/mol. The molecule has 26 heavy (non-hydrogen) atoms. The lowest BCUT2D eigenvalue weighted by Crippen LogP contribution is -2.44. The summed E-state index contributed by atoms with van der Waals surface area (Å²) >= 11 is 0. The molecule has 5 nitrogen and oxygen atoms in total. The van der Waals surface area contributed by atoms with Crippen molar-refractivity contribution in [2.24, 2.45) is 0 Å². The maximum Gasteiger partial charge on any atom is 0.416 e. The molecule has 0 aliphatic carbocycles. The number of aliphatic hydroxyl groups is 1. The minimum absolute atomic E-state index is 0.284. The minimum atomic E-state index is -4.40. The van der Waals surface area contributed by atoms with Crippen molar-refractivity contribution in [3.05, 3.63) is 36.0 Å². The van der Waals surface area contributed by atoms with Crippen LogP contribution in [0.3, 0.4) is 0 Å². The van der Waals surface area contributed by atoms with Gasteiger partial charge in [0.2, 0.25) is 0 Å².